The zero-order chi connectivity index (χ0) is 25.4. The molecular weight excluding hydrogens is 458 g/mol. The molecule has 0 spiro atoms. The lowest BCUT2D eigenvalue weighted by molar-refractivity contribution is -0.124. The lowest BCUT2D eigenvalue weighted by atomic mass is 9.86. The highest BCUT2D eigenvalue weighted by atomic mass is 16.5. The third-order valence-corrected chi connectivity index (χ3v) is 9.80. The van der Waals surface area contributed by atoms with Crippen LogP contribution in [0.4, 0.5) is 0 Å². The summed E-state index contributed by atoms with van der Waals surface area (Å²) in [5, 5.41) is 3.34. The first-order chi connectivity index (χ1) is 18.2. The zero-order valence-electron chi connectivity index (χ0n) is 22.4. The number of carbonyl (C=O) groups excluding carboxylic acids is 1. The van der Waals surface area contributed by atoms with Crippen LogP contribution in [0, 0.1) is 5.92 Å². The van der Waals surface area contributed by atoms with Gasteiger partial charge in [-0.1, -0.05) is 55.7 Å². The standard InChI is InChI=1S/C32H43N3O2/c1-3-20-34-27-16-17-28(34)30-19-18-29(27)35(30)31(24-8-7-11-26(21-24)37-2)22-12-14-23(15-13-22)32(36)33-25-9-5-4-6-10-25/h3,7-8,11-14,21,23,25,27-31H,1,4-6,9-10,15-20H2,2H3,(H,33,36). The fourth-order valence-corrected chi connectivity index (χ4v) is 8.15. The van der Waals surface area contributed by atoms with Crippen molar-refractivity contribution in [2.75, 3.05) is 13.7 Å². The molecular formula is C32H43N3O2. The van der Waals surface area contributed by atoms with Crippen LogP contribution in [0.25, 0.3) is 0 Å². The van der Waals surface area contributed by atoms with Crippen LogP contribution in [0.15, 0.2) is 60.7 Å². The first kappa shape index (κ1) is 24.9. The Kier molecular flexibility index (Phi) is 7.27. The zero-order valence-corrected chi connectivity index (χ0v) is 22.4. The van der Waals surface area contributed by atoms with Crippen LogP contribution in [0.1, 0.15) is 75.8 Å². The largest absolute Gasteiger partial charge is 0.497 e. The topological polar surface area (TPSA) is 44.8 Å². The van der Waals surface area contributed by atoms with Crippen molar-refractivity contribution in [3.8, 4) is 5.75 Å². The van der Waals surface area contributed by atoms with Gasteiger partial charge in [0.05, 0.1) is 19.1 Å². The fourth-order valence-electron chi connectivity index (χ4n) is 8.15. The Hall–Kier alpha value is -2.37. The number of ether oxygens (including phenoxy) is 1. The Morgan fingerprint density at radius 3 is 2.46 bits per heavy atom. The molecule has 5 heteroatoms. The maximum atomic E-state index is 13.1. The van der Waals surface area contributed by atoms with Crippen molar-refractivity contribution in [1.82, 2.24) is 15.1 Å². The quantitative estimate of drug-likeness (QED) is 0.474. The van der Waals surface area contributed by atoms with Gasteiger partial charge in [0.25, 0.3) is 0 Å². The van der Waals surface area contributed by atoms with Crippen molar-refractivity contribution < 1.29 is 9.53 Å². The molecule has 1 N–H and O–H groups in total. The van der Waals surface area contributed by atoms with Gasteiger partial charge in [-0.25, -0.2) is 0 Å². The second-order valence-electron chi connectivity index (χ2n) is 11.8. The van der Waals surface area contributed by atoms with E-state index < -0.39 is 0 Å². The molecule has 4 fully saturated rings. The fraction of sp³-hybridized carbons (Fsp3) is 0.594. The Bertz CT molecular complexity index is 1040. The van der Waals surface area contributed by atoms with Gasteiger partial charge in [-0.05, 0) is 68.2 Å². The van der Waals surface area contributed by atoms with Crippen LogP contribution >= 0.6 is 0 Å². The SMILES string of the molecule is C=CCN1C2CCC1C1CCC2N1C(C1=CCC(C(=O)NC2CCCCC2)C=C1)c1cccc(OC)c1. The van der Waals surface area contributed by atoms with E-state index in [0.29, 0.717) is 30.2 Å². The summed E-state index contributed by atoms with van der Waals surface area (Å²) in [7, 11) is 1.75. The Morgan fingerprint density at radius 1 is 1.08 bits per heavy atom. The average molecular weight is 502 g/mol. The second-order valence-corrected chi connectivity index (χ2v) is 11.8. The number of carbonyl (C=O) groups is 1. The van der Waals surface area contributed by atoms with E-state index in [1.165, 1.54) is 56.1 Å². The number of amides is 1. The second kappa shape index (κ2) is 10.8. The molecule has 0 aromatic heterocycles. The van der Waals surface area contributed by atoms with Crippen molar-refractivity contribution in [3.63, 3.8) is 0 Å². The van der Waals surface area contributed by atoms with E-state index >= 15 is 0 Å². The maximum Gasteiger partial charge on any atom is 0.227 e. The number of hydrogen-bond acceptors (Lipinski definition) is 4. The molecule has 6 unspecified atom stereocenters. The highest BCUT2D eigenvalue weighted by Crippen LogP contribution is 2.51. The molecule has 1 saturated carbocycles. The first-order valence-electron chi connectivity index (χ1n) is 14.6. The minimum atomic E-state index is -0.0611. The van der Waals surface area contributed by atoms with Crippen LogP contribution in [0.5, 0.6) is 5.75 Å². The van der Waals surface area contributed by atoms with E-state index in [1.54, 1.807) is 7.11 Å². The summed E-state index contributed by atoms with van der Waals surface area (Å²) >= 11 is 0. The molecule has 5 nitrogen and oxygen atoms in total. The van der Waals surface area contributed by atoms with Gasteiger partial charge in [0.15, 0.2) is 0 Å². The number of piperazine rings is 1. The summed E-state index contributed by atoms with van der Waals surface area (Å²) in [6.45, 7) is 5.05. The number of fused-ring (bicyclic) bond motifs is 6. The number of benzene rings is 1. The summed E-state index contributed by atoms with van der Waals surface area (Å²) in [6.07, 6.45) is 20.8. The van der Waals surface area contributed by atoms with Gasteiger partial charge in [0, 0.05) is 36.8 Å². The normalized spacial score (nSPS) is 32.7. The highest BCUT2D eigenvalue weighted by molar-refractivity contribution is 5.81. The van der Waals surface area contributed by atoms with Gasteiger partial charge < -0.3 is 10.1 Å². The summed E-state index contributed by atoms with van der Waals surface area (Å²) in [5.74, 6) is 1.05. The van der Waals surface area contributed by atoms with Gasteiger partial charge >= 0.3 is 0 Å². The van der Waals surface area contributed by atoms with Crippen molar-refractivity contribution in [2.24, 2.45) is 5.92 Å². The Labute approximate surface area is 222 Å². The summed E-state index contributed by atoms with van der Waals surface area (Å²) in [6, 6.07) is 11.5. The molecule has 6 atom stereocenters. The van der Waals surface area contributed by atoms with Crippen molar-refractivity contribution >= 4 is 5.91 Å². The molecule has 3 saturated heterocycles. The Balaban J connectivity index is 1.26. The number of allylic oxidation sites excluding steroid dienone is 1. The molecule has 3 heterocycles. The predicted molar refractivity (Wildman–Crippen MR) is 148 cm³/mol. The summed E-state index contributed by atoms with van der Waals surface area (Å²) < 4.78 is 5.65. The highest BCUT2D eigenvalue weighted by Gasteiger charge is 2.56. The molecule has 1 aromatic rings. The smallest absolute Gasteiger partial charge is 0.227 e. The van der Waals surface area contributed by atoms with E-state index in [0.717, 1.165) is 31.6 Å². The third-order valence-electron chi connectivity index (χ3n) is 9.80. The molecule has 1 aromatic carbocycles. The average Bonchev–Trinajstić information content (AvgIpc) is 3.45. The van der Waals surface area contributed by atoms with Gasteiger partial charge in [-0.15, -0.1) is 6.58 Å². The van der Waals surface area contributed by atoms with E-state index in [2.05, 4.69) is 64.2 Å². The molecule has 198 valence electrons. The monoisotopic (exact) mass is 501 g/mol. The molecule has 1 amide bonds. The number of nitrogens with zero attached hydrogens (tertiary/aromatic N) is 2. The van der Waals surface area contributed by atoms with Crippen LogP contribution in [-0.2, 0) is 4.79 Å². The molecule has 2 aliphatic carbocycles. The lowest BCUT2D eigenvalue weighted by Crippen LogP contribution is -2.61. The van der Waals surface area contributed by atoms with E-state index in [1.807, 2.05) is 6.07 Å². The number of nitrogens with one attached hydrogen (secondary N) is 1. The van der Waals surface area contributed by atoms with Crippen LogP contribution < -0.4 is 10.1 Å². The Morgan fingerprint density at radius 2 is 1.81 bits per heavy atom. The molecule has 4 bridgehead atoms. The first-order valence-corrected chi connectivity index (χ1v) is 14.6. The van der Waals surface area contributed by atoms with Crippen LogP contribution in [0.3, 0.4) is 0 Å². The van der Waals surface area contributed by atoms with E-state index in [4.69, 9.17) is 4.74 Å². The predicted octanol–water partition coefficient (Wildman–Crippen LogP) is 5.55. The number of hydrogen-bond donors (Lipinski definition) is 1. The third kappa shape index (κ3) is 4.70. The van der Waals surface area contributed by atoms with Crippen molar-refractivity contribution in [1.29, 1.82) is 0 Å². The van der Waals surface area contributed by atoms with E-state index in [9.17, 15) is 4.79 Å². The molecule has 3 aliphatic heterocycles. The van der Waals surface area contributed by atoms with E-state index in [-0.39, 0.29) is 17.9 Å². The van der Waals surface area contributed by atoms with Crippen molar-refractivity contribution in [3.05, 3.63) is 66.3 Å². The van der Waals surface area contributed by atoms with Crippen molar-refractivity contribution in [2.45, 2.75) is 100 Å². The lowest BCUT2D eigenvalue weighted by Gasteiger charge is -2.50. The van der Waals surface area contributed by atoms with Crippen LogP contribution in [-0.4, -0.2) is 59.6 Å². The maximum absolute atomic E-state index is 13.1. The van der Waals surface area contributed by atoms with Gasteiger partial charge in [-0.3, -0.25) is 14.6 Å². The molecule has 6 rings (SSSR count). The number of methoxy groups -OCH3 is 1. The minimum Gasteiger partial charge on any atom is -0.497 e. The van der Waals surface area contributed by atoms with Gasteiger partial charge in [0.2, 0.25) is 5.91 Å². The van der Waals surface area contributed by atoms with Gasteiger partial charge in [0.1, 0.15) is 5.75 Å². The van der Waals surface area contributed by atoms with Gasteiger partial charge in [-0.2, -0.15) is 0 Å². The molecule has 37 heavy (non-hydrogen) atoms. The molecule has 0 radical (unpaired) electrons. The summed E-state index contributed by atoms with van der Waals surface area (Å²) in [5.41, 5.74) is 2.64. The summed E-state index contributed by atoms with van der Waals surface area (Å²) in [4.78, 5) is 18.7. The minimum absolute atomic E-state index is 0.0611. The molecule has 5 aliphatic rings. The van der Waals surface area contributed by atoms with Crippen LogP contribution in [0.2, 0.25) is 0 Å². The number of rotatable bonds is 8.